The molecule has 0 spiro atoms. The molecular formula is C13H13N3O4. The highest BCUT2D eigenvalue weighted by Gasteiger charge is 2.15. The van der Waals surface area contributed by atoms with Gasteiger partial charge in [-0.1, -0.05) is 17.3 Å². The number of ketones is 1. The quantitative estimate of drug-likeness (QED) is 0.597. The van der Waals surface area contributed by atoms with Gasteiger partial charge in [0, 0.05) is 0 Å². The molecule has 0 aliphatic carbocycles. The third-order valence-electron chi connectivity index (χ3n) is 2.65. The van der Waals surface area contributed by atoms with Crippen molar-refractivity contribution in [3.63, 3.8) is 0 Å². The minimum Gasteiger partial charge on any atom is -0.496 e. The Hall–Kier alpha value is -2.70. The third-order valence-corrected chi connectivity index (χ3v) is 2.65. The molecule has 0 radical (unpaired) electrons. The lowest BCUT2D eigenvalue weighted by molar-refractivity contribution is 0.0593. The molecule has 0 unspecified atom stereocenters. The van der Waals surface area contributed by atoms with Gasteiger partial charge in [0.1, 0.15) is 12.3 Å². The van der Waals surface area contributed by atoms with Crippen molar-refractivity contribution in [3.05, 3.63) is 41.7 Å². The Bertz CT molecular complexity index is 636. The molecule has 0 aliphatic heterocycles. The van der Waals surface area contributed by atoms with E-state index in [-0.39, 0.29) is 18.0 Å². The van der Waals surface area contributed by atoms with Crippen LogP contribution in [0.25, 0.3) is 0 Å². The lowest BCUT2D eigenvalue weighted by atomic mass is 10.1. The molecule has 0 N–H and O–H groups in total. The van der Waals surface area contributed by atoms with Crippen LogP contribution in [0.1, 0.15) is 20.8 Å². The Labute approximate surface area is 115 Å². The summed E-state index contributed by atoms with van der Waals surface area (Å²) in [5, 5.41) is 7.34. The topological polar surface area (TPSA) is 83.3 Å². The van der Waals surface area contributed by atoms with Crippen molar-refractivity contribution in [1.29, 1.82) is 0 Å². The summed E-state index contributed by atoms with van der Waals surface area (Å²) in [4.78, 5) is 23.4. The summed E-state index contributed by atoms with van der Waals surface area (Å²) in [7, 11) is 2.75. The lowest BCUT2D eigenvalue weighted by Crippen LogP contribution is -2.12. The number of hydrogen-bond donors (Lipinski definition) is 0. The van der Waals surface area contributed by atoms with E-state index >= 15 is 0 Å². The van der Waals surface area contributed by atoms with Gasteiger partial charge in [-0.25, -0.2) is 9.48 Å². The maximum absolute atomic E-state index is 12.2. The van der Waals surface area contributed by atoms with Gasteiger partial charge in [-0.05, 0) is 12.1 Å². The molecule has 2 rings (SSSR count). The van der Waals surface area contributed by atoms with Crippen molar-refractivity contribution < 1.29 is 19.1 Å². The standard InChI is InChI=1S/C13H13N3O4/c1-19-12-6-4-3-5-9(12)11(17)8-16-7-10(14-15-16)13(18)20-2/h3-7H,8H2,1-2H3. The zero-order valence-corrected chi connectivity index (χ0v) is 11.1. The number of methoxy groups -OCH3 is 2. The number of nitrogens with zero attached hydrogens (tertiary/aromatic N) is 3. The van der Waals surface area contributed by atoms with E-state index in [0.717, 1.165) is 0 Å². The minimum absolute atomic E-state index is 0.0373. The van der Waals surface area contributed by atoms with Crippen LogP contribution in [0.3, 0.4) is 0 Å². The SMILES string of the molecule is COC(=O)c1cn(CC(=O)c2ccccc2OC)nn1. The third kappa shape index (κ3) is 2.82. The van der Waals surface area contributed by atoms with Crippen LogP contribution in [0.15, 0.2) is 30.5 Å². The molecule has 1 aromatic carbocycles. The van der Waals surface area contributed by atoms with Crippen molar-refractivity contribution in [2.75, 3.05) is 14.2 Å². The summed E-state index contributed by atoms with van der Waals surface area (Å²) in [6, 6.07) is 6.89. The minimum atomic E-state index is -0.596. The molecule has 1 aromatic heterocycles. The van der Waals surface area contributed by atoms with Gasteiger partial charge in [0.25, 0.3) is 0 Å². The van der Waals surface area contributed by atoms with Crippen molar-refractivity contribution in [1.82, 2.24) is 15.0 Å². The number of carbonyl (C=O) groups is 2. The molecule has 104 valence electrons. The number of para-hydroxylation sites is 1. The van der Waals surface area contributed by atoms with Gasteiger partial charge in [-0.15, -0.1) is 5.10 Å². The molecule has 0 saturated carbocycles. The van der Waals surface area contributed by atoms with Crippen LogP contribution in [0.5, 0.6) is 5.75 Å². The normalized spacial score (nSPS) is 10.1. The van der Waals surface area contributed by atoms with Gasteiger partial charge in [0.05, 0.1) is 26.0 Å². The van der Waals surface area contributed by atoms with Gasteiger partial charge in [-0.2, -0.15) is 0 Å². The fraction of sp³-hybridized carbons (Fsp3) is 0.231. The molecule has 0 amide bonds. The second kappa shape index (κ2) is 5.96. The molecule has 1 heterocycles. The Kier molecular flexibility index (Phi) is 4.09. The Morgan fingerprint density at radius 1 is 1.25 bits per heavy atom. The fourth-order valence-corrected chi connectivity index (χ4v) is 1.68. The second-order valence-corrected chi connectivity index (χ2v) is 3.92. The van der Waals surface area contributed by atoms with E-state index in [1.54, 1.807) is 24.3 Å². The lowest BCUT2D eigenvalue weighted by Gasteiger charge is -2.06. The van der Waals surface area contributed by atoms with E-state index in [1.165, 1.54) is 25.1 Å². The van der Waals surface area contributed by atoms with Crippen LogP contribution in [-0.2, 0) is 11.3 Å². The Balaban J connectivity index is 2.15. The van der Waals surface area contributed by atoms with Gasteiger partial charge >= 0.3 is 5.97 Å². The predicted octanol–water partition coefficient (Wildman–Crippen LogP) is 0.956. The number of esters is 1. The Morgan fingerprint density at radius 3 is 2.70 bits per heavy atom. The van der Waals surface area contributed by atoms with Crippen molar-refractivity contribution in [2.45, 2.75) is 6.54 Å². The van der Waals surface area contributed by atoms with E-state index < -0.39 is 5.97 Å². The molecular weight excluding hydrogens is 262 g/mol. The summed E-state index contributed by atoms with van der Waals surface area (Å²) >= 11 is 0. The first kappa shape index (κ1) is 13.7. The maximum Gasteiger partial charge on any atom is 0.360 e. The fourth-order valence-electron chi connectivity index (χ4n) is 1.68. The van der Waals surface area contributed by atoms with E-state index in [2.05, 4.69) is 15.0 Å². The molecule has 0 atom stereocenters. The van der Waals surface area contributed by atoms with Gasteiger partial charge in [0.2, 0.25) is 0 Å². The number of carbonyl (C=O) groups excluding carboxylic acids is 2. The molecule has 7 nitrogen and oxygen atoms in total. The van der Waals surface area contributed by atoms with Crippen LogP contribution in [-0.4, -0.2) is 41.0 Å². The smallest absolute Gasteiger partial charge is 0.360 e. The zero-order valence-electron chi connectivity index (χ0n) is 11.1. The van der Waals surface area contributed by atoms with Crippen molar-refractivity contribution >= 4 is 11.8 Å². The van der Waals surface area contributed by atoms with Gasteiger partial charge in [0.15, 0.2) is 11.5 Å². The number of aromatic nitrogens is 3. The van der Waals surface area contributed by atoms with Crippen LogP contribution in [0.4, 0.5) is 0 Å². The number of ether oxygens (including phenoxy) is 2. The first-order chi connectivity index (χ1) is 9.65. The summed E-state index contributed by atoms with van der Waals surface area (Å²) in [6.45, 7) is -0.0373. The molecule has 0 aliphatic rings. The predicted molar refractivity (Wildman–Crippen MR) is 68.7 cm³/mol. The van der Waals surface area contributed by atoms with Crippen molar-refractivity contribution in [2.24, 2.45) is 0 Å². The highest BCUT2D eigenvalue weighted by Crippen LogP contribution is 2.18. The average Bonchev–Trinajstić information content (AvgIpc) is 2.94. The molecule has 2 aromatic rings. The second-order valence-electron chi connectivity index (χ2n) is 3.92. The number of rotatable bonds is 5. The van der Waals surface area contributed by atoms with E-state index in [0.29, 0.717) is 11.3 Å². The highest BCUT2D eigenvalue weighted by molar-refractivity contribution is 5.98. The number of Topliss-reactive ketones (excluding diaryl/α,β-unsaturated/α-hetero) is 1. The largest absolute Gasteiger partial charge is 0.496 e. The first-order valence-electron chi connectivity index (χ1n) is 5.80. The summed E-state index contributed by atoms with van der Waals surface area (Å²) < 4.78 is 10.9. The van der Waals surface area contributed by atoms with E-state index in [9.17, 15) is 9.59 Å². The van der Waals surface area contributed by atoms with Gasteiger partial charge < -0.3 is 9.47 Å². The van der Waals surface area contributed by atoms with Crippen LogP contribution < -0.4 is 4.74 Å². The van der Waals surface area contributed by atoms with Crippen LogP contribution in [0, 0.1) is 0 Å². The summed E-state index contributed by atoms with van der Waals surface area (Å²) in [6.07, 6.45) is 1.36. The van der Waals surface area contributed by atoms with Crippen LogP contribution in [0.2, 0.25) is 0 Å². The molecule has 0 saturated heterocycles. The summed E-state index contributed by atoms with van der Waals surface area (Å²) in [5.74, 6) is -0.296. The first-order valence-corrected chi connectivity index (χ1v) is 5.80. The van der Waals surface area contributed by atoms with Crippen molar-refractivity contribution in [3.8, 4) is 5.75 Å². The molecule has 0 fully saturated rings. The Morgan fingerprint density at radius 2 is 2.00 bits per heavy atom. The molecule has 0 bridgehead atoms. The van der Waals surface area contributed by atoms with Gasteiger partial charge in [-0.3, -0.25) is 4.79 Å². The van der Waals surface area contributed by atoms with E-state index in [1.807, 2.05) is 0 Å². The number of benzene rings is 1. The zero-order chi connectivity index (χ0) is 14.5. The maximum atomic E-state index is 12.2. The average molecular weight is 275 g/mol. The molecule has 20 heavy (non-hydrogen) atoms. The molecule has 7 heteroatoms. The van der Waals surface area contributed by atoms with Crippen LogP contribution >= 0.6 is 0 Å². The summed E-state index contributed by atoms with van der Waals surface area (Å²) in [5.41, 5.74) is 0.505. The number of hydrogen-bond acceptors (Lipinski definition) is 6. The monoisotopic (exact) mass is 275 g/mol. The van der Waals surface area contributed by atoms with E-state index in [4.69, 9.17) is 4.74 Å². The highest BCUT2D eigenvalue weighted by atomic mass is 16.5.